The molecule has 0 radical (unpaired) electrons. The maximum Gasteiger partial charge on any atom is 0.331 e. The van der Waals surface area contributed by atoms with E-state index in [-0.39, 0.29) is 12.2 Å². The molecule has 0 bridgehead atoms. The fourth-order valence-electron chi connectivity index (χ4n) is 2.62. The molecule has 26 heavy (non-hydrogen) atoms. The van der Waals surface area contributed by atoms with Gasteiger partial charge in [-0.25, -0.2) is 9.78 Å². The summed E-state index contributed by atoms with van der Waals surface area (Å²) >= 11 is 1.43. The van der Waals surface area contributed by atoms with Gasteiger partial charge in [0.15, 0.2) is 4.96 Å². The number of ether oxygens (including phenoxy) is 1. The van der Waals surface area contributed by atoms with Crippen molar-refractivity contribution in [1.29, 1.82) is 0 Å². The average Bonchev–Trinajstić information content (AvgIpc) is 3.04. The zero-order valence-corrected chi connectivity index (χ0v) is 14.5. The molecule has 2 aromatic heterocycles. The topological polar surface area (TPSA) is 60.7 Å². The Morgan fingerprint density at radius 1 is 1.12 bits per heavy atom. The Balaban J connectivity index is 1.52. The van der Waals surface area contributed by atoms with Gasteiger partial charge in [0.2, 0.25) is 0 Å². The van der Waals surface area contributed by atoms with Crippen LogP contribution in [0.4, 0.5) is 0 Å². The van der Waals surface area contributed by atoms with E-state index >= 15 is 0 Å². The van der Waals surface area contributed by atoms with Gasteiger partial charge in [-0.05, 0) is 23.8 Å². The second-order valence-corrected chi connectivity index (χ2v) is 6.63. The summed E-state index contributed by atoms with van der Waals surface area (Å²) in [5.74, 6) is -0.479. The maximum atomic E-state index is 12.4. The molecule has 0 fully saturated rings. The van der Waals surface area contributed by atoms with Gasteiger partial charge in [0.05, 0.1) is 15.9 Å². The lowest BCUT2D eigenvalue weighted by molar-refractivity contribution is -0.139. The molecule has 0 unspecified atom stereocenters. The van der Waals surface area contributed by atoms with Crippen LogP contribution in [0.25, 0.3) is 21.3 Å². The summed E-state index contributed by atoms with van der Waals surface area (Å²) in [4.78, 5) is 29.3. The van der Waals surface area contributed by atoms with Crippen LogP contribution in [-0.4, -0.2) is 15.4 Å². The number of para-hydroxylation sites is 1. The molecular formula is C20H14N2O3S. The van der Waals surface area contributed by atoms with E-state index < -0.39 is 5.97 Å². The molecule has 0 N–H and O–H groups in total. The number of carbonyl (C=O) groups excluding carboxylic acids is 1. The Kier molecular flexibility index (Phi) is 4.33. The highest BCUT2D eigenvalue weighted by Crippen LogP contribution is 2.23. The van der Waals surface area contributed by atoms with Crippen LogP contribution in [0.1, 0.15) is 11.3 Å². The Bertz CT molecular complexity index is 1180. The first-order chi connectivity index (χ1) is 12.7. The number of hydrogen-bond donors (Lipinski definition) is 0. The number of fused-ring (bicyclic) bond motifs is 3. The lowest BCUT2D eigenvalue weighted by atomic mass is 10.2. The van der Waals surface area contributed by atoms with Crippen LogP contribution in [-0.2, 0) is 16.1 Å². The number of aromatic nitrogens is 2. The van der Waals surface area contributed by atoms with Gasteiger partial charge < -0.3 is 4.74 Å². The van der Waals surface area contributed by atoms with Gasteiger partial charge in [-0.1, -0.05) is 53.8 Å². The number of hydrogen-bond acceptors (Lipinski definition) is 5. The minimum Gasteiger partial charge on any atom is -0.456 e. The largest absolute Gasteiger partial charge is 0.456 e. The molecule has 6 heteroatoms. The third kappa shape index (κ3) is 3.27. The van der Waals surface area contributed by atoms with E-state index in [1.54, 1.807) is 10.5 Å². The molecule has 0 aliphatic carbocycles. The summed E-state index contributed by atoms with van der Waals surface area (Å²) in [6, 6.07) is 18.5. The summed E-state index contributed by atoms with van der Waals surface area (Å²) in [5.41, 5.74) is 1.99. The highest BCUT2D eigenvalue weighted by atomic mass is 32.1. The molecule has 0 aliphatic rings. The number of rotatable bonds is 4. The second kappa shape index (κ2) is 6.93. The van der Waals surface area contributed by atoms with Crippen LogP contribution in [0.5, 0.6) is 0 Å². The van der Waals surface area contributed by atoms with Crippen molar-refractivity contribution in [2.24, 2.45) is 0 Å². The van der Waals surface area contributed by atoms with Crippen molar-refractivity contribution in [3.63, 3.8) is 0 Å². The molecule has 5 nitrogen and oxygen atoms in total. The smallest absolute Gasteiger partial charge is 0.331 e. The third-order valence-electron chi connectivity index (χ3n) is 3.82. The van der Waals surface area contributed by atoms with E-state index in [1.165, 1.54) is 23.5 Å². The predicted octanol–water partition coefficient (Wildman–Crippen LogP) is 3.67. The van der Waals surface area contributed by atoms with E-state index in [2.05, 4.69) is 4.98 Å². The van der Waals surface area contributed by atoms with Crippen molar-refractivity contribution >= 4 is 38.6 Å². The van der Waals surface area contributed by atoms with Crippen molar-refractivity contribution in [2.45, 2.75) is 6.61 Å². The molecule has 4 rings (SSSR count). The van der Waals surface area contributed by atoms with Gasteiger partial charge in [0.1, 0.15) is 6.61 Å². The molecule has 0 saturated heterocycles. The number of carbonyl (C=O) groups is 1. The first kappa shape index (κ1) is 16.2. The molecule has 2 heterocycles. The monoisotopic (exact) mass is 362 g/mol. The van der Waals surface area contributed by atoms with Crippen LogP contribution in [0, 0.1) is 0 Å². The van der Waals surface area contributed by atoms with Crippen molar-refractivity contribution in [1.82, 2.24) is 9.38 Å². The van der Waals surface area contributed by atoms with Crippen molar-refractivity contribution in [3.05, 3.63) is 88.4 Å². The Morgan fingerprint density at radius 3 is 2.73 bits per heavy atom. The van der Waals surface area contributed by atoms with Gasteiger partial charge in [0.25, 0.3) is 5.56 Å². The fraction of sp³-hybridized carbons (Fsp3) is 0.0500. The van der Waals surface area contributed by atoms with Crippen molar-refractivity contribution < 1.29 is 9.53 Å². The van der Waals surface area contributed by atoms with Crippen LogP contribution in [0.2, 0.25) is 0 Å². The quantitative estimate of drug-likeness (QED) is 0.411. The summed E-state index contributed by atoms with van der Waals surface area (Å²) in [7, 11) is 0. The second-order valence-electron chi connectivity index (χ2n) is 5.63. The van der Waals surface area contributed by atoms with E-state index in [0.29, 0.717) is 10.7 Å². The minimum absolute atomic E-state index is 0.0437. The Labute approximate surface area is 152 Å². The first-order valence-electron chi connectivity index (χ1n) is 8.01. The lowest BCUT2D eigenvalue weighted by Gasteiger charge is -2.02. The zero-order valence-electron chi connectivity index (χ0n) is 13.7. The average molecular weight is 362 g/mol. The molecule has 0 aliphatic heterocycles. The SMILES string of the molecule is O=C(/C=C/c1ccccc1)OCc1cc(=O)n2c(n1)sc1ccccc12. The van der Waals surface area contributed by atoms with Crippen LogP contribution < -0.4 is 5.56 Å². The van der Waals surface area contributed by atoms with Crippen LogP contribution >= 0.6 is 11.3 Å². The highest BCUT2D eigenvalue weighted by molar-refractivity contribution is 7.23. The molecule has 128 valence electrons. The van der Waals surface area contributed by atoms with Gasteiger partial charge in [-0.3, -0.25) is 9.20 Å². The third-order valence-corrected chi connectivity index (χ3v) is 4.84. The van der Waals surface area contributed by atoms with Gasteiger partial charge >= 0.3 is 5.97 Å². The van der Waals surface area contributed by atoms with Gasteiger partial charge in [0, 0.05) is 12.1 Å². The predicted molar refractivity (Wildman–Crippen MR) is 102 cm³/mol. The van der Waals surface area contributed by atoms with Gasteiger partial charge in [-0.2, -0.15) is 0 Å². The van der Waals surface area contributed by atoms with Gasteiger partial charge in [-0.15, -0.1) is 0 Å². The van der Waals surface area contributed by atoms with E-state index in [1.807, 2.05) is 54.6 Å². The molecule has 2 aromatic carbocycles. The number of nitrogens with zero attached hydrogens (tertiary/aromatic N) is 2. The standard InChI is InChI=1S/C20H14N2O3S/c23-18-12-15(13-25-19(24)11-10-14-6-2-1-3-7-14)21-20-22(18)16-8-4-5-9-17(16)26-20/h1-12H,13H2/b11-10+. The zero-order chi connectivity index (χ0) is 17.9. The van der Waals surface area contributed by atoms with Crippen LogP contribution in [0.3, 0.4) is 0 Å². The summed E-state index contributed by atoms with van der Waals surface area (Å²) < 4.78 is 7.75. The van der Waals surface area contributed by atoms with Crippen molar-refractivity contribution in [3.8, 4) is 0 Å². The maximum absolute atomic E-state index is 12.4. The Morgan fingerprint density at radius 2 is 1.88 bits per heavy atom. The summed E-state index contributed by atoms with van der Waals surface area (Å²) in [6.45, 7) is -0.0437. The molecule has 4 aromatic rings. The molecule has 0 amide bonds. The summed E-state index contributed by atoms with van der Waals surface area (Å²) in [5, 5.41) is 0. The number of benzene rings is 2. The van der Waals surface area contributed by atoms with Crippen LogP contribution in [0.15, 0.2) is 71.5 Å². The number of esters is 1. The molecular weight excluding hydrogens is 348 g/mol. The van der Waals surface area contributed by atoms with E-state index in [9.17, 15) is 9.59 Å². The van der Waals surface area contributed by atoms with E-state index in [4.69, 9.17) is 4.74 Å². The van der Waals surface area contributed by atoms with Crippen molar-refractivity contribution in [2.75, 3.05) is 0 Å². The molecule has 0 saturated carbocycles. The number of thiazole rings is 1. The normalized spacial score (nSPS) is 11.4. The fourth-order valence-corrected chi connectivity index (χ4v) is 3.67. The lowest BCUT2D eigenvalue weighted by Crippen LogP contribution is -2.14. The summed E-state index contributed by atoms with van der Waals surface area (Å²) in [6.07, 6.45) is 3.04. The first-order valence-corrected chi connectivity index (χ1v) is 8.82. The Hall–Kier alpha value is -3.25. The van der Waals surface area contributed by atoms with E-state index in [0.717, 1.165) is 15.8 Å². The highest BCUT2D eigenvalue weighted by Gasteiger charge is 2.10. The molecule has 0 spiro atoms. The molecule has 0 atom stereocenters. The minimum atomic E-state index is -0.479.